The molecule has 2 amide bonds. The lowest BCUT2D eigenvalue weighted by atomic mass is 10.0. The van der Waals surface area contributed by atoms with Gasteiger partial charge in [0, 0.05) is 38.4 Å². The standard InChI is InChI=1S/C28H32ClF3N6O3/c1-27(2,3)41-26(40)36-13-11-18(16-36)25(39)35(4)24(28(30,31)32)17-7-9-19(10-8-17)37-12-5-6-20-21(37)15-33-23-14-22(29)34-38(20)23/h7-10,14-15,18,24H,5-6,11-13,16H2,1-4H3/t18?,24-/m0/s1. The summed E-state index contributed by atoms with van der Waals surface area (Å²) < 4.78 is 50.2. The Labute approximate surface area is 240 Å². The monoisotopic (exact) mass is 592 g/mol. The highest BCUT2D eigenvalue weighted by Crippen LogP contribution is 2.40. The number of carbonyl (C=O) groups excluding carboxylic acids is 2. The van der Waals surface area contributed by atoms with E-state index in [0.717, 1.165) is 36.2 Å². The van der Waals surface area contributed by atoms with E-state index in [1.165, 1.54) is 17.0 Å². The fourth-order valence-corrected chi connectivity index (χ4v) is 5.71. The first kappa shape index (κ1) is 29.0. The van der Waals surface area contributed by atoms with E-state index in [-0.39, 0.29) is 25.1 Å². The Morgan fingerprint density at radius 2 is 1.85 bits per heavy atom. The number of rotatable bonds is 4. The molecule has 0 N–H and O–H groups in total. The van der Waals surface area contributed by atoms with Crippen molar-refractivity contribution in [1.29, 1.82) is 0 Å². The van der Waals surface area contributed by atoms with Crippen LogP contribution in [-0.4, -0.2) is 74.9 Å². The Morgan fingerprint density at radius 3 is 2.51 bits per heavy atom. The second-order valence-electron chi connectivity index (χ2n) is 11.5. The molecule has 41 heavy (non-hydrogen) atoms. The molecule has 220 valence electrons. The molecule has 1 saturated heterocycles. The second kappa shape index (κ2) is 10.7. The Bertz CT molecular complexity index is 1450. The lowest BCUT2D eigenvalue weighted by molar-refractivity contribution is -0.190. The van der Waals surface area contributed by atoms with Crippen LogP contribution < -0.4 is 4.90 Å². The van der Waals surface area contributed by atoms with Crippen LogP contribution in [0.25, 0.3) is 5.65 Å². The number of benzene rings is 1. The molecule has 0 aliphatic carbocycles. The van der Waals surface area contributed by atoms with Crippen molar-refractivity contribution < 1.29 is 27.5 Å². The molecule has 0 bridgehead atoms. The van der Waals surface area contributed by atoms with E-state index in [9.17, 15) is 22.8 Å². The van der Waals surface area contributed by atoms with Gasteiger partial charge in [0.1, 0.15) is 5.60 Å². The maximum atomic E-state index is 14.4. The molecule has 13 heteroatoms. The van der Waals surface area contributed by atoms with E-state index in [2.05, 4.69) is 10.1 Å². The van der Waals surface area contributed by atoms with E-state index in [0.29, 0.717) is 23.0 Å². The van der Waals surface area contributed by atoms with Gasteiger partial charge in [0.05, 0.1) is 23.5 Å². The average Bonchev–Trinajstić information content (AvgIpc) is 3.53. The fourth-order valence-electron chi connectivity index (χ4n) is 5.53. The van der Waals surface area contributed by atoms with E-state index < -0.39 is 35.7 Å². The minimum atomic E-state index is -4.71. The predicted octanol–water partition coefficient (Wildman–Crippen LogP) is 5.79. The van der Waals surface area contributed by atoms with Crippen LogP contribution in [0.1, 0.15) is 50.9 Å². The molecule has 2 atom stereocenters. The summed E-state index contributed by atoms with van der Waals surface area (Å²) in [5, 5.41) is 4.65. The van der Waals surface area contributed by atoms with Gasteiger partial charge < -0.3 is 19.4 Å². The number of alkyl halides is 3. The Hall–Kier alpha value is -3.54. The number of ether oxygens (including phenoxy) is 1. The molecular formula is C28H32ClF3N6O3. The molecule has 1 aromatic carbocycles. The molecular weight excluding hydrogens is 561 g/mol. The number of aromatic nitrogens is 3. The zero-order chi connectivity index (χ0) is 29.7. The van der Waals surface area contributed by atoms with Gasteiger partial charge in [-0.25, -0.2) is 14.3 Å². The smallest absolute Gasteiger partial charge is 0.413 e. The number of anilines is 2. The van der Waals surface area contributed by atoms with E-state index in [1.807, 2.05) is 4.90 Å². The number of fused-ring (bicyclic) bond motifs is 3. The summed E-state index contributed by atoms with van der Waals surface area (Å²) in [6.07, 6.45) is -1.72. The van der Waals surface area contributed by atoms with Gasteiger partial charge in [-0.15, -0.1) is 0 Å². The third-order valence-electron chi connectivity index (χ3n) is 7.37. The minimum Gasteiger partial charge on any atom is -0.444 e. The largest absolute Gasteiger partial charge is 0.444 e. The highest BCUT2D eigenvalue weighted by molar-refractivity contribution is 6.29. The third kappa shape index (κ3) is 5.93. The van der Waals surface area contributed by atoms with Crippen LogP contribution in [0.15, 0.2) is 36.5 Å². The van der Waals surface area contributed by atoms with Crippen LogP contribution in [0.3, 0.4) is 0 Å². The van der Waals surface area contributed by atoms with Crippen LogP contribution in [0.4, 0.5) is 29.3 Å². The molecule has 3 aromatic rings. The Kier molecular flexibility index (Phi) is 7.56. The number of aryl methyl sites for hydroxylation is 1. The third-order valence-corrected chi connectivity index (χ3v) is 7.56. The van der Waals surface area contributed by atoms with Crippen molar-refractivity contribution in [2.75, 3.05) is 31.6 Å². The minimum absolute atomic E-state index is 0.0126. The van der Waals surface area contributed by atoms with Crippen molar-refractivity contribution in [3.8, 4) is 0 Å². The van der Waals surface area contributed by atoms with E-state index in [1.54, 1.807) is 49.7 Å². The van der Waals surface area contributed by atoms with Gasteiger partial charge >= 0.3 is 12.3 Å². The lowest BCUT2D eigenvalue weighted by Crippen LogP contribution is -2.43. The molecule has 5 rings (SSSR count). The molecule has 1 unspecified atom stereocenters. The van der Waals surface area contributed by atoms with Crippen molar-refractivity contribution in [2.24, 2.45) is 5.92 Å². The summed E-state index contributed by atoms with van der Waals surface area (Å²) in [5.74, 6) is -1.41. The molecule has 0 radical (unpaired) electrons. The van der Waals surface area contributed by atoms with Crippen molar-refractivity contribution in [3.63, 3.8) is 0 Å². The van der Waals surface area contributed by atoms with Gasteiger partial charge in [-0.05, 0) is 57.7 Å². The number of likely N-dealkylation sites (tertiary alicyclic amines) is 1. The van der Waals surface area contributed by atoms with E-state index >= 15 is 0 Å². The number of amides is 2. The quantitative estimate of drug-likeness (QED) is 0.382. The number of carbonyl (C=O) groups is 2. The van der Waals surface area contributed by atoms with Crippen LogP contribution in [0, 0.1) is 5.92 Å². The topological polar surface area (TPSA) is 83.3 Å². The highest BCUT2D eigenvalue weighted by atomic mass is 35.5. The normalized spacial score (nSPS) is 18.4. The van der Waals surface area contributed by atoms with Crippen molar-refractivity contribution >= 4 is 40.6 Å². The molecule has 2 aliphatic rings. The molecule has 0 saturated carbocycles. The van der Waals surface area contributed by atoms with Gasteiger partial charge in [-0.3, -0.25) is 4.79 Å². The van der Waals surface area contributed by atoms with E-state index in [4.69, 9.17) is 16.3 Å². The van der Waals surface area contributed by atoms with Crippen LogP contribution >= 0.6 is 11.6 Å². The van der Waals surface area contributed by atoms with Crippen molar-refractivity contribution in [3.05, 3.63) is 52.9 Å². The molecule has 4 heterocycles. The van der Waals surface area contributed by atoms with Crippen LogP contribution in [0.5, 0.6) is 0 Å². The second-order valence-corrected chi connectivity index (χ2v) is 11.9. The van der Waals surface area contributed by atoms with Gasteiger partial charge in [0.25, 0.3) is 0 Å². The van der Waals surface area contributed by atoms with Gasteiger partial charge in [-0.1, -0.05) is 23.7 Å². The van der Waals surface area contributed by atoms with Crippen molar-refractivity contribution in [2.45, 2.75) is 57.9 Å². The SMILES string of the molecule is CN(C(=O)C1CCN(C(=O)OC(C)(C)C)C1)[C@@H](c1ccc(N2CCCc3c2cnc2cc(Cl)nn32)cc1)C(F)(F)F. The number of hydrogen-bond donors (Lipinski definition) is 0. The maximum Gasteiger partial charge on any atom is 0.413 e. The Balaban J connectivity index is 1.35. The van der Waals surface area contributed by atoms with Gasteiger partial charge in [0.2, 0.25) is 5.91 Å². The number of nitrogens with zero attached hydrogens (tertiary/aromatic N) is 6. The summed E-state index contributed by atoms with van der Waals surface area (Å²) >= 11 is 6.07. The zero-order valence-corrected chi connectivity index (χ0v) is 24.0. The van der Waals surface area contributed by atoms with Gasteiger partial charge in [0.15, 0.2) is 16.8 Å². The predicted molar refractivity (Wildman–Crippen MR) is 147 cm³/mol. The zero-order valence-electron chi connectivity index (χ0n) is 23.3. The average molecular weight is 593 g/mol. The molecule has 2 aliphatic heterocycles. The molecule has 2 aromatic heterocycles. The summed E-state index contributed by atoms with van der Waals surface area (Å²) in [6.45, 7) is 6.10. The fraction of sp³-hybridized carbons (Fsp3) is 0.500. The molecule has 0 spiro atoms. The highest BCUT2D eigenvalue weighted by Gasteiger charge is 2.47. The number of halogens is 4. The lowest BCUT2D eigenvalue weighted by Gasteiger charge is -2.33. The first-order valence-electron chi connectivity index (χ1n) is 13.4. The first-order chi connectivity index (χ1) is 19.2. The summed E-state index contributed by atoms with van der Waals surface area (Å²) in [4.78, 5) is 34.2. The summed E-state index contributed by atoms with van der Waals surface area (Å²) in [6, 6.07) is 5.60. The number of hydrogen-bond acceptors (Lipinski definition) is 6. The summed E-state index contributed by atoms with van der Waals surface area (Å²) in [5.41, 5.74) is 2.30. The van der Waals surface area contributed by atoms with Crippen molar-refractivity contribution in [1.82, 2.24) is 24.4 Å². The van der Waals surface area contributed by atoms with Crippen LogP contribution in [0.2, 0.25) is 5.15 Å². The maximum absolute atomic E-state index is 14.4. The summed E-state index contributed by atoms with van der Waals surface area (Å²) in [7, 11) is 1.16. The first-order valence-corrected chi connectivity index (χ1v) is 13.8. The molecule has 1 fully saturated rings. The Morgan fingerprint density at radius 1 is 1.15 bits per heavy atom. The molecule has 9 nitrogen and oxygen atoms in total. The van der Waals surface area contributed by atoms with Gasteiger partial charge in [-0.2, -0.15) is 18.3 Å². The van der Waals surface area contributed by atoms with Crippen LogP contribution in [-0.2, 0) is 16.0 Å².